The third-order valence-corrected chi connectivity index (χ3v) is 6.63. The molecule has 184 valence electrons. The molecule has 0 saturated carbocycles. The number of piperazine rings is 1. The van der Waals surface area contributed by atoms with Gasteiger partial charge in [0.2, 0.25) is 0 Å². The molecule has 1 aromatic heterocycles. The first-order valence-electron chi connectivity index (χ1n) is 11.7. The van der Waals surface area contributed by atoms with Crippen molar-refractivity contribution in [2.45, 2.75) is 57.5 Å². The first-order chi connectivity index (χ1) is 16.2. The normalized spacial score (nSPS) is 22.6. The van der Waals surface area contributed by atoms with Gasteiger partial charge in [0.25, 0.3) is 0 Å². The second kappa shape index (κ2) is 10.2. The topological polar surface area (TPSA) is 64.6 Å². The Hall–Kier alpha value is -2.88. The summed E-state index contributed by atoms with van der Waals surface area (Å²) in [5.41, 5.74) is 0.285. The average Bonchev–Trinajstić information content (AvgIpc) is 2.82. The molecule has 1 aromatic carbocycles. The number of anilines is 1. The number of benzene rings is 1. The van der Waals surface area contributed by atoms with Crippen LogP contribution in [0, 0.1) is 0 Å². The van der Waals surface area contributed by atoms with Crippen molar-refractivity contribution in [2.24, 2.45) is 0 Å². The van der Waals surface area contributed by atoms with Gasteiger partial charge in [0, 0.05) is 50.8 Å². The van der Waals surface area contributed by atoms with E-state index in [1.165, 1.54) is 5.56 Å². The maximum atomic E-state index is 13.0. The molecule has 4 rings (SSSR count). The molecule has 0 unspecified atom stereocenters. The summed E-state index contributed by atoms with van der Waals surface area (Å²) in [5, 5.41) is 3.19. The quantitative estimate of drug-likeness (QED) is 0.728. The van der Waals surface area contributed by atoms with Crippen LogP contribution in [0.15, 0.2) is 42.7 Å². The van der Waals surface area contributed by atoms with Crippen LogP contribution in [0.3, 0.4) is 0 Å². The van der Waals surface area contributed by atoms with E-state index in [9.17, 15) is 18.0 Å². The average molecular weight is 477 g/mol. The van der Waals surface area contributed by atoms with E-state index in [4.69, 9.17) is 0 Å². The van der Waals surface area contributed by atoms with E-state index in [0.717, 1.165) is 44.9 Å². The lowest BCUT2D eigenvalue weighted by molar-refractivity contribution is -0.141. The molecule has 2 atom stereocenters. The molecule has 2 aliphatic heterocycles. The van der Waals surface area contributed by atoms with E-state index in [2.05, 4.69) is 32.3 Å². The van der Waals surface area contributed by atoms with Crippen molar-refractivity contribution >= 4 is 11.8 Å². The van der Waals surface area contributed by atoms with Crippen molar-refractivity contribution in [3.63, 3.8) is 0 Å². The number of likely N-dealkylation sites (tertiary alicyclic amines) is 1. The summed E-state index contributed by atoms with van der Waals surface area (Å²) in [6, 6.07) is 10.2. The first kappa shape index (κ1) is 24.3. The number of nitrogens with one attached hydrogen (secondary N) is 1. The first-order valence-corrected chi connectivity index (χ1v) is 11.7. The Kier molecular flexibility index (Phi) is 7.25. The third-order valence-electron chi connectivity index (χ3n) is 6.63. The van der Waals surface area contributed by atoms with Crippen LogP contribution in [0.25, 0.3) is 0 Å². The molecule has 1 N–H and O–H groups in total. The summed E-state index contributed by atoms with van der Waals surface area (Å²) in [5.74, 6) is 0.387. The van der Waals surface area contributed by atoms with Gasteiger partial charge in [-0.3, -0.25) is 4.90 Å². The van der Waals surface area contributed by atoms with E-state index in [1.807, 2.05) is 41.8 Å². The molecule has 2 fully saturated rings. The number of carbonyl (C=O) groups is 1. The van der Waals surface area contributed by atoms with Crippen molar-refractivity contribution in [3.8, 4) is 0 Å². The van der Waals surface area contributed by atoms with Crippen molar-refractivity contribution in [2.75, 3.05) is 31.1 Å². The van der Waals surface area contributed by atoms with Crippen molar-refractivity contribution in [1.29, 1.82) is 0 Å². The fourth-order valence-corrected chi connectivity index (χ4v) is 4.68. The molecule has 7 nitrogen and oxygen atoms in total. The summed E-state index contributed by atoms with van der Waals surface area (Å²) in [6.45, 7) is 7.61. The predicted molar refractivity (Wildman–Crippen MR) is 123 cm³/mol. The van der Waals surface area contributed by atoms with Gasteiger partial charge in [0.05, 0.1) is 12.4 Å². The second-order valence-corrected chi connectivity index (χ2v) is 9.25. The highest BCUT2D eigenvalue weighted by Gasteiger charge is 2.36. The Morgan fingerprint density at radius 2 is 1.74 bits per heavy atom. The number of amides is 2. The van der Waals surface area contributed by atoms with Gasteiger partial charge in [0.15, 0.2) is 5.69 Å². The molecule has 34 heavy (non-hydrogen) atoms. The van der Waals surface area contributed by atoms with Crippen molar-refractivity contribution in [3.05, 3.63) is 54.0 Å². The van der Waals surface area contributed by atoms with E-state index in [0.29, 0.717) is 18.9 Å². The van der Waals surface area contributed by atoms with Crippen LogP contribution in [0.5, 0.6) is 0 Å². The lowest BCUT2D eigenvalue weighted by Crippen LogP contribution is -2.61. The molecule has 2 amide bonds. The van der Waals surface area contributed by atoms with Crippen LogP contribution in [0.2, 0.25) is 0 Å². The number of rotatable bonds is 4. The number of halogens is 3. The van der Waals surface area contributed by atoms with E-state index < -0.39 is 11.9 Å². The van der Waals surface area contributed by atoms with Gasteiger partial charge in [0.1, 0.15) is 5.82 Å². The lowest BCUT2D eigenvalue weighted by Gasteiger charge is -2.45. The zero-order chi connectivity index (χ0) is 24.3. The van der Waals surface area contributed by atoms with E-state index >= 15 is 0 Å². The predicted octanol–water partition coefficient (Wildman–Crippen LogP) is 3.77. The molecular weight excluding hydrogens is 445 g/mol. The van der Waals surface area contributed by atoms with Crippen LogP contribution in [0.4, 0.5) is 23.8 Å². The number of hydrogen-bond acceptors (Lipinski definition) is 5. The minimum absolute atomic E-state index is 0.0842. The second-order valence-electron chi connectivity index (χ2n) is 9.25. The van der Waals surface area contributed by atoms with Gasteiger partial charge in [-0.15, -0.1) is 0 Å². The molecule has 0 bridgehead atoms. The smallest absolute Gasteiger partial charge is 0.349 e. The van der Waals surface area contributed by atoms with Gasteiger partial charge in [-0.05, 0) is 32.3 Å². The highest BCUT2D eigenvalue weighted by Crippen LogP contribution is 2.28. The molecule has 2 aromatic rings. The fraction of sp³-hybridized carbons (Fsp3) is 0.542. The molecule has 3 heterocycles. The molecule has 10 heteroatoms. The Balaban J connectivity index is 1.28. The SMILES string of the molecule is C[C@@H]1CN(c2cnc(C(F)(F)F)cn2)[C@H](C)CN1C(=O)NC1CCN(Cc2ccccc2)CC1. The van der Waals surface area contributed by atoms with Crippen LogP contribution in [0.1, 0.15) is 37.9 Å². The van der Waals surface area contributed by atoms with Crippen LogP contribution in [-0.4, -0.2) is 70.1 Å². The van der Waals surface area contributed by atoms with Gasteiger partial charge in [-0.1, -0.05) is 30.3 Å². The molecule has 2 saturated heterocycles. The summed E-state index contributed by atoms with van der Waals surface area (Å²) in [6.07, 6.45) is -0.785. The number of piperidine rings is 1. The molecule has 0 radical (unpaired) electrons. The largest absolute Gasteiger partial charge is 0.434 e. The summed E-state index contributed by atoms with van der Waals surface area (Å²) < 4.78 is 38.3. The molecule has 0 spiro atoms. The van der Waals surface area contributed by atoms with Crippen molar-refractivity contribution in [1.82, 2.24) is 25.1 Å². The zero-order valence-corrected chi connectivity index (χ0v) is 19.5. The van der Waals surface area contributed by atoms with E-state index in [-0.39, 0.29) is 24.2 Å². The summed E-state index contributed by atoms with van der Waals surface area (Å²) >= 11 is 0. The number of hydrogen-bond donors (Lipinski definition) is 1. The standard InChI is InChI=1S/C24H31F3N6O/c1-17-15-33(18(2)14-32(17)22-13-28-21(12-29-22)24(25,26)27)23(34)30-20-8-10-31(11-9-20)16-19-6-4-3-5-7-19/h3-7,12-13,17-18,20H,8-11,14-16H2,1-2H3,(H,30,34)/t17-,18-/m1/s1. The van der Waals surface area contributed by atoms with Crippen LogP contribution in [-0.2, 0) is 12.7 Å². The van der Waals surface area contributed by atoms with E-state index in [1.54, 1.807) is 0 Å². The minimum Gasteiger partial charge on any atom is -0.349 e. The number of nitrogens with zero attached hydrogens (tertiary/aromatic N) is 5. The zero-order valence-electron chi connectivity index (χ0n) is 19.5. The number of urea groups is 1. The maximum Gasteiger partial charge on any atom is 0.434 e. The number of alkyl halides is 3. The summed E-state index contributed by atoms with van der Waals surface area (Å²) in [7, 11) is 0. The maximum absolute atomic E-state index is 13.0. The van der Waals surface area contributed by atoms with Gasteiger partial charge < -0.3 is 15.1 Å². The third kappa shape index (κ3) is 5.78. The molecular formula is C24H31F3N6O. The summed E-state index contributed by atoms with van der Waals surface area (Å²) in [4.78, 5) is 26.6. The van der Waals surface area contributed by atoms with Crippen molar-refractivity contribution < 1.29 is 18.0 Å². The highest BCUT2D eigenvalue weighted by atomic mass is 19.4. The van der Waals surface area contributed by atoms with Gasteiger partial charge in [-0.2, -0.15) is 13.2 Å². The van der Waals surface area contributed by atoms with Gasteiger partial charge in [-0.25, -0.2) is 14.8 Å². The monoisotopic (exact) mass is 476 g/mol. The Labute approximate surface area is 198 Å². The van der Waals surface area contributed by atoms with Gasteiger partial charge >= 0.3 is 12.2 Å². The molecule has 0 aliphatic carbocycles. The fourth-order valence-electron chi connectivity index (χ4n) is 4.68. The Morgan fingerprint density at radius 3 is 2.35 bits per heavy atom. The minimum atomic E-state index is -4.51. The lowest BCUT2D eigenvalue weighted by atomic mass is 10.0. The number of carbonyl (C=O) groups excluding carboxylic acids is 1. The van der Waals surface area contributed by atoms with Crippen LogP contribution >= 0.6 is 0 Å². The highest BCUT2D eigenvalue weighted by molar-refractivity contribution is 5.75. The molecule has 2 aliphatic rings. The van der Waals surface area contributed by atoms with Crippen LogP contribution < -0.4 is 10.2 Å². The number of aromatic nitrogens is 2. The Morgan fingerprint density at radius 1 is 1.03 bits per heavy atom. The Bertz CT molecular complexity index is 947.